The van der Waals surface area contributed by atoms with Crippen LogP contribution in [0.15, 0.2) is 12.3 Å². The van der Waals surface area contributed by atoms with Gasteiger partial charge in [-0.3, -0.25) is 10.1 Å². The summed E-state index contributed by atoms with van der Waals surface area (Å²) in [6, 6.07) is 2.02. The van der Waals surface area contributed by atoms with Crippen LogP contribution in [-0.2, 0) is 13.6 Å². The third-order valence-corrected chi connectivity index (χ3v) is 2.60. The predicted molar refractivity (Wildman–Crippen MR) is 55.2 cm³/mol. The summed E-state index contributed by atoms with van der Waals surface area (Å²) in [6.45, 7) is 1.80. The topological polar surface area (TPSA) is 44.9 Å². The zero-order chi connectivity index (χ0) is 9.97. The Bertz CT molecular complexity index is 329. The third-order valence-electron chi connectivity index (χ3n) is 2.60. The maximum Gasteiger partial charge on any atom is 0.0961 e. The van der Waals surface area contributed by atoms with Crippen molar-refractivity contribution in [1.29, 1.82) is 5.41 Å². The summed E-state index contributed by atoms with van der Waals surface area (Å²) in [4.78, 5) is 2.12. The van der Waals surface area contributed by atoms with Crippen molar-refractivity contribution in [3.8, 4) is 0 Å². The maximum atomic E-state index is 7.79. The van der Waals surface area contributed by atoms with Gasteiger partial charge in [-0.2, -0.15) is 5.10 Å². The molecule has 1 saturated heterocycles. The van der Waals surface area contributed by atoms with Crippen LogP contribution in [0.5, 0.6) is 0 Å². The average Bonchev–Trinajstić information content (AvgIpc) is 2.56. The van der Waals surface area contributed by atoms with E-state index in [4.69, 9.17) is 5.41 Å². The highest BCUT2D eigenvalue weighted by atomic mass is 15.3. The lowest BCUT2D eigenvalue weighted by Gasteiger charge is -2.28. The fraction of sp³-hybridized carbons (Fsp3) is 0.600. The molecule has 0 aromatic carbocycles. The monoisotopic (exact) mass is 192 g/mol. The minimum Gasteiger partial charge on any atom is -0.355 e. The van der Waals surface area contributed by atoms with E-state index in [0.717, 1.165) is 37.5 Å². The Morgan fingerprint density at radius 2 is 2.36 bits per heavy atom. The minimum atomic E-state index is 0.766. The Morgan fingerprint density at radius 3 is 3.00 bits per heavy atom. The zero-order valence-corrected chi connectivity index (χ0v) is 8.53. The van der Waals surface area contributed by atoms with Crippen molar-refractivity contribution in [2.24, 2.45) is 7.05 Å². The first kappa shape index (κ1) is 9.24. The van der Waals surface area contributed by atoms with E-state index in [-0.39, 0.29) is 0 Å². The summed E-state index contributed by atoms with van der Waals surface area (Å²) in [5.41, 5.74) is 1.05. The molecule has 4 nitrogen and oxygen atoms in total. The predicted octanol–water partition coefficient (Wildman–Crippen LogP) is 1.38. The normalized spacial score (nSPS) is 17.5. The van der Waals surface area contributed by atoms with Gasteiger partial charge in [-0.05, 0) is 18.9 Å². The van der Waals surface area contributed by atoms with Crippen LogP contribution in [0, 0.1) is 5.41 Å². The lowest BCUT2D eigenvalue weighted by molar-refractivity contribution is 0.356. The molecule has 1 aliphatic heterocycles. The molecule has 0 aliphatic carbocycles. The quantitative estimate of drug-likeness (QED) is 0.769. The van der Waals surface area contributed by atoms with E-state index >= 15 is 0 Å². The van der Waals surface area contributed by atoms with Crippen molar-refractivity contribution in [3.05, 3.63) is 18.0 Å². The molecule has 1 N–H and O–H groups in total. The second-order valence-corrected chi connectivity index (χ2v) is 3.81. The first-order valence-corrected chi connectivity index (χ1v) is 5.06. The van der Waals surface area contributed by atoms with Crippen molar-refractivity contribution < 1.29 is 0 Å². The number of amidine groups is 1. The summed E-state index contributed by atoms with van der Waals surface area (Å²) < 4.78 is 1.81. The van der Waals surface area contributed by atoms with Crippen LogP contribution in [0.4, 0.5) is 0 Å². The molecule has 1 aliphatic rings. The maximum absolute atomic E-state index is 7.79. The number of nitrogens with zero attached hydrogens (tertiary/aromatic N) is 3. The number of likely N-dealkylation sites (tertiary alicyclic amines) is 1. The molecule has 0 amide bonds. The highest BCUT2D eigenvalue weighted by Crippen LogP contribution is 2.13. The van der Waals surface area contributed by atoms with Crippen LogP contribution in [-0.4, -0.2) is 27.1 Å². The fourth-order valence-corrected chi connectivity index (χ4v) is 1.81. The summed E-state index contributed by atoms with van der Waals surface area (Å²) in [5, 5.41) is 12.1. The molecule has 0 spiro atoms. The molecule has 0 atom stereocenters. The van der Waals surface area contributed by atoms with Crippen molar-refractivity contribution in [2.75, 3.05) is 6.54 Å². The first-order chi connectivity index (χ1) is 6.75. The van der Waals surface area contributed by atoms with Crippen LogP contribution < -0.4 is 0 Å². The first-order valence-electron chi connectivity index (χ1n) is 5.06. The number of nitrogens with one attached hydrogen (secondary N) is 1. The molecule has 0 bridgehead atoms. The number of hydrogen-bond donors (Lipinski definition) is 1. The second kappa shape index (κ2) is 3.82. The van der Waals surface area contributed by atoms with Gasteiger partial charge in [0.05, 0.1) is 18.1 Å². The molecule has 1 aromatic heterocycles. The Morgan fingerprint density at radius 1 is 1.50 bits per heavy atom. The summed E-state index contributed by atoms with van der Waals surface area (Å²) in [7, 11) is 1.92. The number of piperidine rings is 1. The lowest BCUT2D eigenvalue weighted by atomic mass is 10.1. The molecule has 1 aromatic rings. The van der Waals surface area contributed by atoms with E-state index in [1.165, 1.54) is 6.42 Å². The highest BCUT2D eigenvalue weighted by Gasteiger charge is 2.15. The number of aryl methyl sites for hydroxylation is 1. The van der Waals surface area contributed by atoms with Gasteiger partial charge >= 0.3 is 0 Å². The Hall–Kier alpha value is -1.32. The molecule has 0 unspecified atom stereocenters. The van der Waals surface area contributed by atoms with E-state index < -0.39 is 0 Å². The van der Waals surface area contributed by atoms with Crippen LogP contribution in [0.2, 0.25) is 0 Å². The molecule has 2 rings (SSSR count). The van der Waals surface area contributed by atoms with Gasteiger partial charge in [0.15, 0.2) is 0 Å². The van der Waals surface area contributed by atoms with E-state index in [1.54, 1.807) is 0 Å². The van der Waals surface area contributed by atoms with E-state index in [2.05, 4.69) is 10.00 Å². The van der Waals surface area contributed by atoms with E-state index in [1.807, 2.05) is 24.0 Å². The van der Waals surface area contributed by atoms with Gasteiger partial charge < -0.3 is 4.90 Å². The van der Waals surface area contributed by atoms with Crippen LogP contribution in [0.1, 0.15) is 25.0 Å². The third kappa shape index (κ3) is 1.95. The largest absolute Gasteiger partial charge is 0.355 e. The van der Waals surface area contributed by atoms with Gasteiger partial charge in [-0.15, -0.1) is 0 Å². The van der Waals surface area contributed by atoms with Crippen molar-refractivity contribution in [1.82, 2.24) is 14.7 Å². The van der Waals surface area contributed by atoms with Crippen molar-refractivity contribution >= 4 is 5.84 Å². The standard InChI is InChI=1S/C10H16N4/c1-13-7-5-9(12-13)8-14-6-3-2-4-10(14)11/h5,7,11H,2-4,6,8H2,1H3. The van der Waals surface area contributed by atoms with Crippen LogP contribution >= 0.6 is 0 Å². The smallest absolute Gasteiger partial charge is 0.0961 e. The van der Waals surface area contributed by atoms with Crippen molar-refractivity contribution in [2.45, 2.75) is 25.8 Å². The molecular weight excluding hydrogens is 176 g/mol. The van der Waals surface area contributed by atoms with E-state index in [9.17, 15) is 0 Å². The molecule has 4 heteroatoms. The Balaban J connectivity index is 1.99. The second-order valence-electron chi connectivity index (χ2n) is 3.81. The molecule has 0 radical (unpaired) electrons. The number of aromatic nitrogens is 2. The molecule has 14 heavy (non-hydrogen) atoms. The van der Waals surface area contributed by atoms with Gasteiger partial charge in [0, 0.05) is 26.2 Å². The van der Waals surface area contributed by atoms with Crippen LogP contribution in [0.25, 0.3) is 0 Å². The average molecular weight is 192 g/mol. The molecule has 1 fully saturated rings. The van der Waals surface area contributed by atoms with E-state index in [0.29, 0.717) is 0 Å². The molecule has 2 heterocycles. The van der Waals surface area contributed by atoms with Gasteiger partial charge in [-0.25, -0.2) is 0 Å². The fourth-order valence-electron chi connectivity index (χ4n) is 1.81. The minimum absolute atomic E-state index is 0.766. The van der Waals surface area contributed by atoms with Gasteiger partial charge in [0.25, 0.3) is 0 Å². The zero-order valence-electron chi connectivity index (χ0n) is 8.53. The Kier molecular flexibility index (Phi) is 2.52. The number of hydrogen-bond acceptors (Lipinski definition) is 2. The van der Waals surface area contributed by atoms with Gasteiger partial charge in [0.1, 0.15) is 0 Å². The summed E-state index contributed by atoms with van der Waals surface area (Å²) >= 11 is 0. The van der Waals surface area contributed by atoms with Gasteiger partial charge in [-0.1, -0.05) is 0 Å². The SMILES string of the molecule is Cn1ccc(CN2CCCCC2=N)n1. The van der Waals surface area contributed by atoms with Crippen molar-refractivity contribution in [3.63, 3.8) is 0 Å². The molecule has 76 valence electrons. The lowest BCUT2D eigenvalue weighted by Crippen LogP contribution is -2.34. The molecular formula is C10H16N4. The number of rotatable bonds is 2. The van der Waals surface area contributed by atoms with Gasteiger partial charge in [0.2, 0.25) is 0 Å². The molecule has 0 saturated carbocycles. The summed E-state index contributed by atoms with van der Waals surface area (Å²) in [6.07, 6.45) is 5.24. The highest BCUT2D eigenvalue weighted by molar-refractivity contribution is 5.79. The Labute approximate surface area is 84.0 Å². The summed E-state index contributed by atoms with van der Waals surface area (Å²) in [5.74, 6) is 0.766. The van der Waals surface area contributed by atoms with Crippen LogP contribution in [0.3, 0.4) is 0 Å².